The van der Waals surface area contributed by atoms with E-state index in [0.717, 1.165) is 12.1 Å². The van der Waals surface area contributed by atoms with E-state index in [0.29, 0.717) is 0 Å². The van der Waals surface area contributed by atoms with Crippen molar-refractivity contribution in [3.8, 4) is 0 Å². The van der Waals surface area contributed by atoms with Gasteiger partial charge in [-0.25, -0.2) is 17.5 Å². The fraction of sp³-hybridized carbons (Fsp3) is 0.455. The van der Waals surface area contributed by atoms with Crippen LogP contribution in [0.15, 0.2) is 29.2 Å². The van der Waals surface area contributed by atoms with Crippen LogP contribution in [0.25, 0.3) is 0 Å². The van der Waals surface area contributed by atoms with Crippen molar-refractivity contribution >= 4 is 10.0 Å². The lowest BCUT2D eigenvalue weighted by atomic mass is 9.96. The maximum atomic E-state index is 12.7. The molecule has 6 heteroatoms. The summed E-state index contributed by atoms with van der Waals surface area (Å²) in [5.74, 6) is -0.486. The highest BCUT2D eigenvalue weighted by Crippen LogP contribution is 2.14. The number of benzene rings is 1. The van der Waals surface area contributed by atoms with Crippen LogP contribution in [0.1, 0.15) is 13.8 Å². The molecule has 4 nitrogen and oxygen atoms in total. The highest BCUT2D eigenvalue weighted by molar-refractivity contribution is 7.89. The van der Waals surface area contributed by atoms with Crippen molar-refractivity contribution in [3.63, 3.8) is 0 Å². The minimum Gasteiger partial charge on any atom is -0.396 e. The maximum Gasteiger partial charge on any atom is 0.240 e. The molecular weight excluding hydrogens is 245 g/mol. The number of sulfonamides is 1. The lowest BCUT2D eigenvalue weighted by Gasteiger charge is -2.21. The van der Waals surface area contributed by atoms with Crippen LogP contribution in [0.2, 0.25) is 0 Å². The van der Waals surface area contributed by atoms with Gasteiger partial charge in [0.05, 0.1) is 4.90 Å². The van der Waals surface area contributed by atoms with Crippen LogP contribution in [-0.4, -0.2) is 26.7 Å². The van der Waals surface area contributed by atoms with Gasteiger partial charge in [-0.05, 0) is 24.3 Å². The predicted molar refractivity (Wildman–Crippen MR) is 62.5 cm³/mol. The van der Waals surface area contributed by atoms with Gasteiger partial charge >= 0.3 is 0 Å². The summed E-state index contributed by atoms with van der Waals surface area (Å²) in [7, 11) is -3.65. The van der Waals surface area contributed by atoms with E-state index in [-0.39, 0.29) is 18.0 Å². The van der Waals surface area contributed by atoms with Crippen LogP contribution >= 0.6 is 0 Å². The Kier molecular flexibility index (Phi) is 4.24. The van der Waals surface area contributed by atoms with Crippen molar-refractivity contribution in [2.75, 3.05) is 13.2 Å². The molecule has 96 valence electrons. The molecule has 2 N–H and O–H groups in total. The Bertz CT molecular complexity index is 468. The average molecular weight is 261 g/mol. The Balaban J connectivity index is 2.79. The van der Waals surface area contributed by atoms with Gasteiger partial charge in [-0.15, -0.1) is 0 Å². The number of rotatable bonds is 5. The van der Waals surface area contributed by atoms with Gasteiger partial charge in [-0.3, -0.25) is 0 Å². The molecule has 0 aliphatic rings. The van der Waals surface area contributed by atoms with Crippen molar-refractivity contribution in [2.24, 2.45) is 5.41 Å². The zero-order valence-corrected chi connectivity index (χ0v) is 10.6. The molecule has 1 aromatic rings. The van der Waals surface area contributed by atoms with E-state index in [1.807, 2.05) is 0 Å². The van der Waals surface area contributed by atoms with E-state index >= 15 is 0 Å². The molecule has 0 radical (unpaired) electrons. The smallest absolute Gasteiger partial charge is 0.240 e. The normalized spacial score (nSPS) is 12.7. The molecule has 0 aliphatic carbocycles. The average Bonchev–Trinajstić information content (AvgIpc) is 2.27. The zero-order chi connectivity index (χ0) is 13.1. The molecule has 0 heterocycles. The van der Waals surface area contributed by atoms with E-state index in [2.05, 4.69) is 4.72 Å². The summed E-state index contributed by atoms with van der Waals surface area (Å²) < 4.78 is 38.6. The third-order valence-corrected chi connectivity index (χ3v) is 3.71. The second kappa shape index (κ2) is 5.12. The van der Waals surface area contributed by atoms with E-state index < -0.39 is 21.3 Å². The summed E-state index contributed by atoms with van der Waals surface area (Å²) in [6, 6.07) is 4.57. The van der Waals surface area contributed by atoms with Crippen molar-refractivity contribution in [3.05, 3.63) is 30.1 Å². The quantitative estimate of drug-likeness (QED) is 0.834. The molecule has 0 bridgehead atoms. The fourth-order valence-corrected chi connectivity index (χ4v) is 2.29. The van der Waals surface area contributed by atoms with Gasteiger partial charge in [0.1, 0.15) is 5.82 Å². The number of nitrogens with one attached hydrogen (secondary N) is 1. The molecule has 0 saturated heterocycles. The van der Waals surface area contributed by atoms with E-state index in [1.54, 1.807) is 13.8 Å². The number of aliphatic hydroxyl groups is 1. The summed E-state index contributed by atoms with van der Waals surface area (Å²) in [5.41, 5.74) is -0.535. The van der Waals surface area contributed by atoms with Gasteiger partial charge < -0.3 is 5.11 Å². The standard InChI is InChI=1S/C11H16FNO3S/c1-11(2,8-14)7-13-17(15,16)10-5-3-9(12)4-6-10/h3-6,13-14H,7-8H2,1-2H3. The fourth-order valence-electron chi connectivity index (χ4n) is 1.04. The Morgan fingerprint density at radius 3 is 2.29 bits per heavy atom. The molecule has 0 amide bonds. The van der Waals surface area contributed by atoms with E-state index in [9.17, 15) is 12.8 Å². The molecule has 0 aromatic heterocycles. The molecule has 0 spiro atoms. The lowest BCUT2D eigenvalue weighted by molar-refractivity contribution is 0.163. The summed E-state index contributed by atoms with van der Waals surface area (Å²) in [6.07, 6.45) is 0. The maximum absolute atomic E-state index is 12.7. The third kappa shape index (κ3) is 4.07. The van der Waals surface area contributed by atoms with Crippen molar-refractivity contribution in [1.82, 2.24) is 4.72 Å². The summed E-state index contributed by atoms with van der Waals surface area (Å²) in [6.45, 7) is 3.46. The number of halogens is 1. The first-order valence-corrected chi connectivity index (χ1v) is 6.61. The summed E-state index contributed by atoms with van der Waals surface area (Å²) >= 11 is 0. The minimum absolute atomic E-state index is 0.00707. The molecule has 1 rings (SSSR count). The molecule has 0 saturated carbocycles. The van der Waals surface area contributed by atoms with Gasteiger partial charge in [-0.1, -0.05) is 13.8 Å². The van der Waals surface area contributed by atoms with Gasteiger partial charge in [0.15, 0.2) is 0 Å². The predicted octanol–water partition coefficient (Wildman–Crippen LogP) is 1.12. The van der Waals surface area contributed by atoms with Crippen LogP contribution in [0.5, 0.6) is 0 Å². The summed E-state index contributed by atoms with van der Waals surface area (Å²) in [4.78, 5) is 0.00707. The molecular formula is C11H16FNO3S. The molecule has 0 aliphatic heterocycles. The molecule has 0 atom stereocenters. The van der Waals surface area contributed by atoms with Gasteiger partial charge in [0, 0.05) is 18.6 Å². The SMILES string of the molecule is CC(C)(CO)CNS(=O)(=O)c1ccc(F)cc1. The number of hydrogen-bond donors (Lipinski definition) is 2. The Labute approximate surface area is 101 Å². The Hall–Kier alpha value is -0.980. The van der Waals surface area contributed by atoms with Crippen molar-refractivity contribution in [1.29, 1.82) is 0 Å². The van der Waals surface area contributed by atoms with E-state index in [1.165, 1.54) is 12.1 Å². The van der Waals surface area contributed by atoms with Crippen molar-refractivity contribution in [2.45, 2.75) is 18.7 Å². The first-order valence-electron chi connectivity index (χ1n) is 5.13. The first-order chi connectivity index (χ1) is 7.77. The molecule has 1 aromatic carbocycles. The van der Waals surface area contributed by atoms with Crippen LogP contribution in [0.4, 0.5) is 4.39 Å². The summed E-state index contributed by atoms with van der Waals surface area (Å²) in [5, 5.41) is 9.01. The van der Waals surface area contributed by atoms with Crippen LogP contribution in [-0.2, 0) is 10.0 Å². The largest absolute Gasteiger partial charge is 0.396 e. The van der Waals surface area contributed by atoms with Gasteiger partial charge in [0.2, 0.25) is 10.0 Å². The molecule has 0 unspecified atom stereocenters. The first kappa shape index (κ1) is 14.1. The second-order valence-corrected chi connectivity index (χ2v) is 6.37. The highest BCUT2D eigenvalue weighted by Gasteiger charge is 2.21. The highest BCUT2D eigenvalue weighted by atomic mass is 32.2. The minimum atomic E-state index is -3.65. The lowest BCUT2D eigenvalue weighted by Crippen LogP contribution is -2.36. The van der Waals surface area contributed by atoms with Crippen LogP contribution in [0, 0.1) is 11.2 Å². The number of hydrogen-bond acceptors (Lipinski definition) is 3. The Morgan fingerprint density at radius 1 is 1.29 bits per heavy atom. The number of aliphatic hydroxyl groups excluding tert-OH is 1. The van der Waals surface area contributed by atoms with Gasteiger partial charge in [-0.2, -0.15) is 0 Å². The Morgan fingerprint density at radius 2 is 1.82 bits per heavy atom. The van der Waals surface area contributed by atoms with Gasteiger partial charge in [0.25, 0.3) is 0 Å². The van der Waals surface area contributed by atoms with Crippen LogP contribution in [0.3, 0.4) is 0 Å². The second-order valence-electron chi connectivity index (χ2n) is 4.60. The topological polar surface area (TPSA) is 66.4 Å². The third-order valence-electron chi connectivity index (χ3n) is 2.29. The monoisotopic (exact) mass is 261 g/mol. The van der Waals surface area contributed by atoms with Crippen molar-refractivity contribution < 1.29 is 17.9 Å². The van der Waals surface area contributed by atoms with E-state index in [4.69, 9.17) is 5.11 Å². The molecule has 17 heavy (non-hydrogen) atoms. The van der Waals surface area contributed by atoms with Crippen LogP contribution < -0.4 is 4.72 Å². The zero-order valence-electron chi connectivity index (χ0n) is 9.77. The molecule has 0 fully saturated rings.